The van der Waals surface area contributed by atoms with E-state index in [1.807, 2.05) is 6.07 Å². The number of hydrogen-bond acceptors (Lipinski definition) is 8. The Labute approximate surface area is 213 Å². The van der Waals surface area contributed by atoms with Crippen molar-refractivity contribution in [2.45, 2.75) is 12.2 Å². The third kappa shape index (κ3) is 7.24. The lowest BCUT2D eigenvalue weighted by Gasteiger charge is -2.25. The van der Waals surface area contributed by atoms with Crippen LogP contribution in [0, 0.1) is 11.3 Å². The van der Waals surface area contributed by atoms with E-state index in [-0.39, 0.29) is 11.5 Å². The molecule has 2 atom stereocenters. The van der Waals surface area contributed by atoms with Crippen LogP contribution < -0.4 is 21.1 Å². The van der Waals surface area contributed by atoms with Crippen LogP contribution in [0.1, 0.15) is 17.2 Å². The number of phenols is 1. The zero-order valence-electron chi connectivity index (χ0n) is 20.2. The molecular formula is C27H26N4O6. The van der Waals surface area contributed by atoms with Crippen molar-refractivity contribution in [1.82, 2.24) is 0 Å². The Kier molecular flexibility index (Phi) is 9.07. The molecule has 3 aromatic rings. The average Bonchev–Trinajstić information content (AvgIpc) is 2.90. The van der Waals surface area contributed by atoms with Crippen LogP contribution in [0.4, 0.5) is 21.9 Å². The van der Waals surface area contributed by atoms with Gasteiger partial charge in [0.25, 0.3) is 0 Å². The quantitative estimate of drug-likeness (QED) is 0.248. The van der Waals surface area contributed by atoms with Crippen LogP contribution >= 0.6 is 0 Å². The Hall–Kier alpha value is -5.01. The number of methoxy groups -OCH3 is 2. The van der Waals surface area contributed by atoms with E-state index in [2.05, 4.69) is 10.6 Å². The number of nitrogens with one attached hydrogen (secondary N) is 2. The summed E-state index contributed by atoms with van der Waals surface area (Å²) in [5, 5.41) is 24.5. The molecule has 0 spiro atoms. The van der Waals surface area contributed by atoms with Crippen LogP contribution in [-0.4, -0.2) is 37.4 Å². The Balaban J connectivity index is 1.83. The molecule has 0 saturated carbocycles. The molecule has 190 valence electrons. The fourth-order valence-corrected chi connectivity index (χ4v) is 3.37. The standard InChI is InChI=1S/C27H26N4O6/c1-35-23-12-9-18(15-22(23)32)26(37-27(34)30-19-10-7-17(16-28)8-11-19)24(36-2)13-14-25(33)31-21-6-4-3-5-20(21)29/h3-15,24,26,32H,29H2,1-2H3,(H,30,34)(H,31,33)/b14-13+/t24-,26-/m0/s1. The van der Waals surface area contributed by atoms with Crippen LogP contribution in [0.25, 0.3) is 0 Å². The molecule has 10 nitrogen and oxygen atoms in total. The summed E-state index contributed by atoms with van der Waals surface area (Å²) in [4.78, 5) is 25.2. The first kappa shape index (κ1) is 26.6. The summed E-state index contributed by atoms with van der Waals surface area (Å²) in [5.74, 6) is -0.413. The van der Waals surface area contributed by atoms with Gasteiger partial charge in [-0.3, -0.25) is 10.1 Å². The van der Waals surface area contributed by atoms with Gasteiger partial charge < -0.3 is 30.4 Å². The van der Waals surface area contributed by atoms with Gasteiger partial charge in [-0.05, 0) is 60.2 Å². The van der Waals surface area contributed by atoms with Gasteiger partial charge >= 0.3 is 6.09 Å². The predicted molar refractivity (Wildman–Crippen MR) is 138 cm³/mol. The minimum atomic E-state index is -1.06. The number of carbonyl (C=O) groups is 2. The number of para-hydroxylation sites is 2. The van der Waals surface area contributed by atoms with Crippen molar-refractivity contribution in [2.75, 3.05) is 30.6 Å². The van der Waals surface area contributed by atoms with Gasteiger partial charge in [0.2, 0.25) is 5.91 Å². The maximum atomic E-state index is 12.7. The molecule has 3 aromatic carbocycles. The van der Waals surface area contributed by atoms with Gasteiger partial charge in [0.05, 0.1) is 30.1 Å². The van der Waals surface area contributed by atoms with Crippen molar-refractivity contribution in [2.24, 2.45) is 0 Å². The molecule has 3 rings (SSSR count). The maximum Gasteiger partial charge on any atom is 0.412 e. The Morgan fingerprint density at radius 1 is 1.05 bits per heavy atom. The summed E-state index contributed by atoms with van der Waals surface area (Å²) >= 11 is 0. The van der Waals surface area contributed by atoms with Crippen molar-refractivity contribution < 1.29 is 28.9 Å². The summed E-state index contributed by atoms with van der Waals surface area (Å²) < 4.78 is 16.3. The van der Waals surface area contributed by atoms with E-state index < -0.39 is 24.2 Å². The summed E-state index contributed by atoms with van der Waals surface area (Å²) in [6, 6.07) is 19.5. The second kappa shape index (κ2) is 12.6. The second-order valence-corrected chi connectivity index (χ2v) is 7.71. The van der Waals surface area contributed by atoms with Crippen molar-refractivity contribution >= 4 is 29.1 Å². The molecule has 5 N–H and O–H groups in total. The normalized spacial score (nSPS) is 12.2. The van der Waals surface area contributed by atoms with Crippen LogP contribution in [0.3, 0.4) is 0 Å². The highest BCUT2D eigenvalue weighted by Crippen LogP contribution is 2.33. The highest BCUT2D eigenvalue weighted by Gasteiger charge is 2.27. The number of nitrogens with two attached hydrogens (primary N) is 1. The SMILES string of the molecule is COc1ccc([C@H](OC(=O)Nc2ccc(C#N)cc2)[C@H](/C=C/C(=O)Nc2ccccc2N)OC)cc1O. The van der Waals surface area contributed by atoms with E-state index >= 15 is 0 Å². The number of hydrogen-bond donors (Lipinski definition) is 4. The molecule has 0 heterocycles. The van der Waals surface area contributed by atoms with Crippen LogP contribution in [0.15, 0.2) is 78.9 Å². The van der Waals surface area contributed by atoms with E-state index in [1.54, 1.807) is 54.6 Å². The number of aromatic hydroxyl groups is 1. The predicted octanol–water partition coefficient (Wildman–Crippen LogP) is 4.35. The van der Waals surface area contributed by atoms with Gasteiger partial charge in [-0.1, -0.05) is 18.2 Å². The summed E-state index contributed by atoms with van der Waals surface area (Å²) in [6.07, 6.45) is -0.139. The molecule has 10 heteroatoms. The van der Waals surface area contributed by atoms with Gasteiger partial charge in [0.1, 0.15) is 6.10 Å². The van der Waals surface area contributed by atoms with Crippen LogP contribution in [0.2, 0.25) is 0 Å². The Bertz CT molecular complexity index is 1320. The fraction of sp³-hybridized carbons (Fsp3) is 0.148. The van der Waals surface area contributed by atoms with E-state index in [4.69, 9.17) is 25.2 Å². The van der Waals surface area contributed by atoms with E-state index in [1.165, 1.54) is 38.5 Å². The van der Waals surface area contributed by atoms with E-state index in [0.717, 1.165) is 0 Å². The number of phenolic OH excluding ortho intramolecular Hbond substituents is 1. The minimum absolute atomic E-state index is 0.169. The van der Waals surface area contributed by atoms with Gasteiger partial charge in [0, 0.05) is 18.9 Å². The monoisotopic (exact) mass is 502 g/mol. The molecule has 0 unspecified atom stereocenters. The zero-order chi connectivity index (χ0) is 26.8. The van der Waals surface area contributed by atoms with Gasteiger partial charge in [-0.15, -0.1) is 0 Å². The summed E-state index contributed by atoms with van der Waals surface area (Å²) in [5.41, 5.74) is 7.95. The number of rotatable bonds is 9. The number of nitrogen functional groups attached to an aromatic ring is 1. The van der Waals surface area contributed by atoms with Crippen LogP contribution in [0.5, 0.6) is 11.5 Å². The van der Waals surface area contributed by atoms with E-state index in [0.29, 0.717) is 28.2 Å². The topological polar surface area (TPSA) is 156 Å². The van der Waals surface area contributed by atoms with Crippen LogP contribution in [-0.2, 0) is 14.3 Å². The lowest BCUT2D eigenvalue weighted by Crippen LogP contribution is -2.27. The first-order valence-corrected chi connectivity index (χ1v) is 11.1. The number of anilines is 3. The fourth-order valence-electron chi connectivity index (χ4n) is 3.37. The largest absolute Gasteiger partial charge is 0.504 e. The smallest absolute Gasteiger partial charge is 0.412 e. The van der Waals surface area contributed by atoms with Crippen molar-refractivity contribution in [3.05, 3.63) is 90.0 Å². The molecular weight excluding hydrogens is 476 g/mol. The number of amides is 2. The summed E-state index contributed by atoms with van der Waals surface area (Å²) in [6.45, 7) is 0. The lowest BCUT2D eigenvalue weighted by atomic mass is 10.0. The molecule has 0 aromatic heterocycles. The number of nitrogens with zero attached hydrogens (tertiary/aromatic N) is 1. The second-order valence-electron chi connectivity index (χ2n) is 7.71. The maximum absolute atomic E-state index is 12.7. The van der Waals surface area contributed by atoms with Crippen molar-refractivity contribution in [1.29, 1.82) is 5.26 Å². The molecule has 0 bridgehead atoms. The Morgan fingerprint density at radius 2 is 1.78 bits per heavy atom. The first-order chi connectivity index (χ1) is 17.8. The number of ether oxygens (including phenoxy) is 3. The molecule has 0 saturated heterocycles. The molecule has 0 aliphatic heterocycles. The molecule has 0 radical (unpaired) electrons. The molecule has 37 heavy (non-hydrogen) atoms. The van der Waals surface area contributed by atoms with Gasteiger partial charge in [-0.2, -0.15) is 5.26 Å². The van der Waals surface area contributed by atoms with Gasteiger partial charge in [0.15, 0.2) is 17.6 Å². The van der Waals surface area contributed by atoms with Crippen molar-refractivity contribution in [3.63, 3.8) is 0 Å². The highest BCUT2D eigenvalue weighted by molar-refractivity contribution is 6.01. The third-order valence-corrected chi connectivity index (χ3v) is 5.25. The zero-order valence-corrected chi connectivity index (χ0v) is 20.2. The average molecular weight is 503 g/mol. The van der Waals surface area contributed by atoms with Crippen molar-refractivity contribution in [3.8, 4) is 17.6 Å². The third-order valence-electron chi connectivity index (χ3n) is 5.25. The number of nitriles is 1. The lowest BCUT2D eigenvalue weighted by molar-refractivity contribution is -0.112. The molecule has 0 fully saturated rings. The molecule has 0 aliphatic rings. The first-order valence-electron chi connectivity index (χ1n) is 11.1. The number of benzene rings is 3. The van der Waals surface area contributed by atoms with E-state index in [9.17, 15) is 14.7 Å². The summed E-state index contributed by atoms with van der Waals surface area (Å²) in [7, 11) is 2.80. The Morgan fingerprint density at radius 3 is 2.41 bits per heavy atom. The van der Waals surface area contributed by atoms with Gasteiger partial charge in [-0.25, -0.2) is 4.79 Å². The number of carbonyl (C=O) groups excluding carboxylic acids is 2. The highest BCUT2D eigenvalue weighted by atomic mass is 16.6. The molecule has 0 aliphatic carbocycles. The minimum Gasteiger partial charge on any atom is -0.504 e. The molecule has 2 amide bonds.